The molecule has 1 saturated heterocycles. The van der Waals surface area contributed by atoms with Crippen molar-refractivity contribution < 1.29 is 19.0 Å². The number of aromatic hydroxyl groups is 1. The predicted octanol–water partition coefficient (Wildman–Crippen LogP) is 1.53. The van der Waals surface area contributed by atoms with Crippen LogP contribution < -0.4 is 5.32 Å². The number of hydrogen-bond donors (Lipinski definition) is 2. The van der Waals surface area contributed by atoms with E-state index in [9.17, 15) is 9.50 Å². The van der Waals surface area contributed by atoms with E-state index in [4.69, 9.17) is 9.47 Å². The standard InChI is InChI=1S/C12H17FN2O3/c1-17-12(4-6-18-7-5-12)8-14-11-9(13)2-3-10(16)15-11/h2-3H,4-8H2,1H3,(H2,14,15,16). The fourth-order valence-electron chi connectivity index (χ4n) is 2.00. The van der Waals surface area contributed by atoms with E-state index in [0.29, 0.717) is 19.8 Å². The van der Waals surface area contributed by atoms with Crippen molar-refractivity contribution in [2.24, 2.45) is 0 Å². The monoisotopic (exact) mass is 256 g/mol. The second-order valence-electron chi connectivity index (χ2n) is 4.35. The van der Waals surface area contributed by atoms with Gasteiger partial charge in [-0.05, 0) is 6.07 Å². The Kier molecular flexibility index (Phi) is 3.98. The molecule has 0 atom stereocenters. The van der Waals surface area contributed by atoms with Crippen LogP contribution in [0.1, 0.15) is 12.8 Å². The number of aromatic nitrogens is 1. The summed E-state index contributed by atoms with van der Waals surface area (Å²) >= 11 is 0. The molecular weight excluding hydrogens is 239 g/mol. The van der Waals surface area contributed by atoms with E-state index in [-0.39, 0.29) is 17.3 Å². The molecular formula is C12H17FN2O3. The molecule has 2 heterocycles. The van der Waals surface area contributed by atoms with E-state index in [1.54, 1.807) is 7.11 Å². The Morgan fingerprint density at radius 3 is 2.89 bits per heavy atom. The Bertz CT molecular complexity index is 408. The number of methoxy groups -OCH3 is 1. The van der Waals surface area contributed by atoms with Gasteiger partial charge in [-0.25, -0.2) is 4.39 Å². The number of rotatable bonds is 4. The van der Waals surface area contributed by atoms with Crippen LogP contribution in [0.3, 0.4) is 0 Å². The maximum absolute atomic E-state index is 13.5. The van der Waals surface area contributed by atoms with Crippen LogP contribution in [0.25, 0.3) is 0 Å². The summed E-state index contributed by atoms with van der Waals surface area (Å²) in [5, 5.41) is 12.1. The Morgan fingerprint density at radius 2 is 2.22 bits per heavy atom. The van der Waals surface area contributed by atoms with Gasteiger partial charge in [-0.1, -0.05) is 0 Å². The molecule has 18 heavy (non-hydrogen) atoms. The molecule has 0 spiro atoms. The minimum absolute atomic E-state index is 0.0397. The molecule has 0 aromatic carbocycles. The topological polar surface area (TPSA) is 63.6 Å². The van der Waals surface area contributed by atoms with Crippen molar-refractivity contribution in [2.45, 2.75) is 18.4 Å². The van der Waals surface area contributed by atoms with Gasteiger partial charge >= 0.3 is 0 Å². The Labute approximate surface area is 105 Å². The molecule has 5 nitrogen and oxygen atoms in total. The summed E-state index contributed by atoms with van der Waals surface area (Å²) < 4.78 is 24.3. The molecule has 0 amide bonds. The van der Waals surface area contributed by atoms with Crippen molar-refractivity contribution in [3.8, 4) is 5.88 Å². The molecule has 0 unspecified atom stereocenters. The number of anilines is 1. The molecule has 1 aliphatic heterocycles. The van der Waals surface area contributed by atoms with Gasteiger partial charge in [0.05, 0.1) is 5.60 Å². The molecule has 0 radical (unpaired) electrons. The summed E-state index contributed by atoms with van der Waals surface area (Å²) in [4.78, 5) is 3.71. The first-order valence-corrected chi connectivity index (χ1v) is 5.87. The Morgan fingerprint density at radius 1 is 1.50 bits per heavy atom. The second-order valence-corrected chi connectivity index (χ2v) is 4.35. The first kappa shape index (κ1) is 13.0. The summed E-state index contributed by atoms with van der Waals surface area (Å²) in [6.45, 7) is 1.69. The predicted molar refractivity (Wildman–Crippen MR) is 64.1 cm³/mol. The van der Waals surface area contributed by atoms with E-state index in [1.165, 1.54) is 12.1 Å². The molecule has 2 rings (SSSR count). The summed E-state index contributed by atoms with van der Waals surface area (Å²) in [6, 6.07) is 2.38. The normalized spacial score (nSPS) is 18.6. The van der Waals surface area contributed by atoms with E-state index in [1.807, 2.05) is 0 Å². The largest absolute Gasteiger partial charge is 0.493 e. The third-order valence-electron chi connectivity index (χ3n) is 3.25. The minimum atomic E-state index is -0.494. The Balaban J connectivity index is 2.03. The van der Waals surface area contributed by atoms with Crippen LogP contribution in [0.5, 0.6) is 5.88 Å². The summed E-state index contributed by atoms with van der Waals surface area (Å²) in [5.41, 5.74) is -0.363. The Hall–Kier alpha value is -1.40. The van der Waals surface area contributed by atoms with Crippen molar-refractivity contribution in [1.82, 2.24) is 4.98 Å². The van der Waals surface area contributed by atoms with Crippen molar-refractivity contribution in [3.05, 3.63) is 17.9 Å². The van der Waals surface area contributed by atoms with Crippen molar-refractivity contribution in [1.29, 1.82) is 0 Å². The van der Waals surface area contributed by atoms with Crippen molar-refractivity contribution in [2.75, 3.05) is 32.2 Å². The average molecular weight is 256 g/mol. The van der Waals surface area contributed by atoms with Gasteiger partial charge in [0.2, 0.25) is 5.88 Å². The van der Waals surface area contributed by atoms with E-state index < -0.39 is 5.82 Å². The third kappa shape index (κ3) is 2.88. The van der Waals surface area contributed by atoms with Gasteiger partial charge in [-0.3, -0.25) is 0 Å². The molecule has 1 aromatic rings. The van der Waals surface area contributed by atoms with Crippen molar-refractivity contribution in [3.63, 3.8) is 0 Å². The fourth-order valence-corrected chi connectivity index (χ4v) is 2.00. The van der Waals surface area contributed by atoms with Gasteiger partial charge in [0.25, 0.3) is 0 Å². The number of halogens is 1. The fraction of sp³-hybridized carbons (Fsp3) is 0.583. The van der Waals surface area contributed by atoms with Gasteiger partial charge in [0, 0.05) is 45.8 Å². The highest BCUT2D eigenvalue weighted by molar-refractivity contribution is 5.39. The third-order valence-corrected chi connectivity index (χ3v) is 3.25. The molecule has 0 aliphatic carbocycles. The highest BCUT2D eigenvalue weighted by Gasteiger charge is 2.32. The SMILES string of the molecule is COC1(CNc2nc(O)ccc2F)CCOCC1. The van der Waals surface area contributed by atoms with Crippen LogP contribution in [0.15, 0.2) is 12.1 Å². The first-order chi connectivity index (χ1) is 8.65. The molecule has 0 bridgehead atoms. The highest BCUT2D eigenvalue weighted by Crippen LogP contribution is 2.25. The van der Waals surface area contributed by atoms with Crippen LogP contribution in [0.4, 0.5) is 10.2 Å². The smallest absolute Gasteiger partial charge is 0.212 e. The van der Waals surface area contributed by atoms with E-state index >= 15 is 0 Å². The van der Waals surface area contributed by atoms with Crippen LogP contribution >= 0.6 is 0 Å². The number of nitrogens with one attached hydrogen (secondary N) is 1. The van der Waals surface area contributed by atoms with Gasteiger partial charge in [-0.15, -0.1) is 0 Å². The van der Waals surface area contributed by atoms with Crippen LogP contribution in [-0.4, -0.2) is 42.6 Å². The van der Waals surface area contributed by atoms with Crippen molar-refractivity contribution >= 4 is 5.82 Å². The first-order valence-electron chi connectivity index (χ1n) is 5.87. The summed E-state index contributed by atoms with van der Waals surface area (Å²) in [6.07, 6.45) is 1.49. The number of nitrogens with zero attached hydrogens (tertiary/aromatic N) is 1. The molecule has 1 aromatic heterocycles. The number of ether oxygens (including phenoxy) is 2. The van der Waals surface area contributed by atoms with E-state index in [0.717, 1.165) is 12.8 Å². The van der Waals surface area contributed by atoms with E-state index in [2.05, 4.69) is 10.3 Å². The zero-order valence-electron chi connectivity index (χ0n) is 10.3. The summed E-state index contributed by atoms with van der Waals surface area (Å²) in [7, 11) is 1.64. The van der Waals surface area contributed by atoms with Gasteiger partial charge < -0.3 is 19.9 Å². The lowest BCUT2D eigenvalue weighted by Gasteiger charge is -2.36. The molecule has 2 N–H and O–H groups in total. The lowest BCUT2D eigenvalue weighted by Crippen LogP contribution is -2.44. The summed E-state index contributed by atoms with van der Waals surface area (Å²) in [5.74, 6) is -0.665. The average Bonchev–Trinajstić information content (AvgIpc) is 2.41. The van der Waals surface area contributed by atoms with Crippen LogP contribution in [0.2, 0.25) is 0 Å². The molecule has 100 valence electrons. The van der Waals surface area contributed by atoms with Gasteiger partial charge in [0.1, 0.15) is 0 Å². The number of pyridine rings is 1. The molecule has 0 saturated carbocycles. The zero-order chi connectivity index (χ0) is 13.0. The van der Waals surface area contributed by atoms with Crippen LogP contribution in [-0.2, 0) is 9.47 Å². The maximum Gasteiger partial charge on any atom is 0.212 e. The van der Waals surface area contributed by atoms with Crippen LogP contribution in [0, 0.1) is 5.82 Å². The lowest BCUT2D eigenvalue weighted by molar-refractivity contribution is -0.0807. The maximum atomic E-state index is 13.5. The number of hydrogen-bond acceptors (Lipinski definition) is 5. The van der Waals surface area contributed by atoms with Gasteiger partial charge in [-0.2, -0.15) is 4.98 Å². The molecule has 1 fully saturated rings. The van der Waals surface area contributed by atoms with Gasteiger partial charge in [0.15, 0.2) is 11.6 Å². The lowest BCUT2D eigenvalue weighted by atomic mass is 9.94. The highest BCUT2D eigenvalue weighted by atomic mass is 19.1. The molecule has 1 aliphatic rings. The molecule has 6 heteroatoms. The second kappa shape index (κ2) is 5.49. The minimum Gasteiger partial charge on any atom is -0.493 e. The quantitative estimate of drug-likeness (QED) is 0.855. The zero-order valence-corrected chi connectivity index (χ0v) is 10.3.